The summed E-state index contributed by atoms with van der Waals surface area (Å²) in [5.74, 6) is 0. The van der Waals surface area contributed by atoms with Gasteiger partial charge in [-0.05, 0) is 31.4 Å². The topological polar surface area (TPSA) is 3.24 Å². The van der Waals surface area contributed by atoms with Gasteiger partial charge in [-0.3, -0.25) is 0 Å². The summed E-state index contributed by atoms with van der Waals surface area (Å²) in [4.78, 5) is 2.31. The molecule has 0 bridgehead atoms. The fraction of sp³-hybridized carbons (Fsp3) is 0.375. The minimum Gasteiger partial charge on any atom is -0.372 e. The summed E-state index contributed by atoms with van der Waals surface area (Å²) in [7, 11) is 0. The standard InChI is InChI=1S/C16H23N/c1-5-12-17(14(2)3)13-11-15(4)16-9-7-6-8-10-16/h6-11H,2,5,12-13H2,1,3-4H3/b15-11-. The van der Waals surface area contributed by atoms with Crippen LogP contribution >= 0.6 is 0 Å². The van der Waals surface area contributed by atoms with Crippen LogP contribution in [0.25, 0.3) is 5.57 Å². The highest BCUT2D eigenvalue weighted by atomic mass is 15.1. The molecule has 92 valence electrons. The first kappa shape index (κ1) is 13.6. The van der Waals surface area contributed by atoms with Gasteiger partial charge < -0.3 is 4.90 Å². The molecule has 0 unspecified atom stereocenters. The summed E-state index contributed by atoms with van der Waals surface area (Å²) < 4.78 is 0. The summed E-state index contributed by atoms with van der Waals surface area (Å²) >= 11 is 0. The highest BCUT2D eigenvalue weighted by Crippen LogP contribution is 2.13. The molecule has 0 aliphatic carbocycles. The van der Waals surface area contributed by atoms with Gasteiger partial charge in [0.15, 0.2) is 0 Å². The Bertz CT molecular complexity index is 376. The number of nitrogens with zero attached hydrogens (tertiary/aromatic N) is 1. The fourth-order valence-electron chi connectivity index (χ4n) is 1.77. The van der Waals surface area contributed by atoms with Crippen molar-refractivity contribution >= 4 is 5.57 Å². The Morgan fingerprint density at radius 2 is 1.88 bits per heavy atom. The molecule has 0 atom stereocenters. The molecule has 0 spiro atoms. The quantitative estimate of drug-likeness (QED) is 0.701. The van der Waals surface area contributed by atoms with Crippen LogP contribution in [0.1, 0.15) is 32.8 Å². The van der Waals surface area contributed by atoms with Crippen LogP contribution in [0.4, 0.5) is 0 Å². The van der Waals surface area contributed by atoms with Crippen LogP contribution in [-0.2, 0) is 0 Å². The molecule has 1 rings (SSSR count). The van der Waals surface area contributed by atoms with Crippen LogP contribution in [0.2, 0.25) is 0 Å². The average molecular weight is 229 g/mol. The fourth-order valence-corrected chi connectivity index (χ4v) is 1.77. The maximum atomic E-state index is 4.02. The van der Waals surface area contributed by atoms with E-state index in [1.807, 2.05) is 6.07 Å². The Morgan fingerprint density at radius 1 is 1.24 bits per heavy atom. The van der Waals surface area contributed by atoms with E-state index in [2.05, 4.69) is 62.6 Å². The lowest BCUT2D eigenvalue weighted by Gasteiger charge is -2.22. The molecular formula is C16H23N. The third kappa shape index (κ3) is 4.48. The smallest absolute Gasteiger partial charge is 0.0362 e. The number of benzene rings is 1. The summed E-state index contributed by atoms with van der Waals surface area (Å²) in [6.45, 7) is 12.5. The lowest BCUT2D eigenvalue weighted by Crippen LogP contribution is -2.22. The van der Waals surface area contributed by atoms with E-state index in [4.69, 9.17) is 0 Å². The van der Waals surface area contributed by atoms with Crippen LogP contribution in [-0.4, -0.2) is 18.0 Å². The van der Waals surface area contributed by atoms with Crippen molar-refractivity contribution in [3.63, 3.8) is 0 Å². The molecule has 0 fully saturated rings. The van der Waals surface area contributed by atoms with Gasteiger partial charge in [0.2, 0.25) is 0 Å². The number of hydrogen-bond donors (Lipinski definition) is 0. The molecule has 1 heteroatoms. The second kappa shape index (κ2) is 6.95. The van der Waals surface area contributed by atoms with Gasteiger partial charge in [-0.15, -0.1) is 0 Å². The lowest BCUT2D eigenvalue weighted by atomic mass is 10.1. The van der Waals surface area contributed by atoms with Crippen molar-refractivity contribution in [1.82, 2.24) is 4.90 Å². The van der Waals surface area contributed by atoms with E-state index in [1.165, 1.54) is 11.1 Å². The van der Waals surface area contributed by atoms with Gasteiger partial charge >= 0.3 is 0 Å². The van der Waals surface area contributed by atoms with Gasteiger partial charge in [-0.2, -0.15) is 0 Å². The molecule has 0 amide bonds. The van der Waals surface area contributed by atoms with Gasteiger partial charge in [-0.1, -0.05) is 49.9 Å². The molecule has 0 N–H and O–H groups in total. The zero-order chi connectivity index (χ0) is 12.7. The SMILES string of the molecule is C=C(C)N(C/C=C(/C)c1ccccc1)CCC. The van der Waals surface area contributed by atoms with Crippen LogP contribution in [0, 0.1) is 0 Å². The summed E-state index contributed by atoms with van der Waals surface area (Å²) in [6.07, 6.45) is 3.44. The molecular weight excluding hydrogens is 206 g/mol. The Hall–Kier alpha value is -1.50. The summed E-state index contributed by atoms with van der Waals surface area (Å²) in [5.41, 5.74) is 3.77. The van der Waals surface area contributed by atoms with Crippen LogP contribution in [0.3, 0.4) is 0 Å². The third-order valence-electron chi connectivity index (χ3n) is 2.88. The second-order valence-electron chi connectivity index (χ2n) is 4.43. The maximum absolute atomic E-state index is 4.02. The van der Waals surface area contributed by atoms with E-state index in [1.54, 1.807) is 0 Å². The van der Waals surface area contributed by atoms with E-state index in [-0.39, 0.29) is 0 Å². The third-order valence-corrected chi connectivity index (χ3v) is 2.88. The zero-order valence-electron chi connectivity index (χ0n) is 11.2. The molecule has 0 saturated carbocycles. The molecule has 17 heavy (non-hydrogen) atoms. The monoisotopic (exact) mass is 229 g/mol. The molecule has 0 heterocycles. The number of rotatable bonds is 6. The zero-order valence-corrected chi connectivity index (χ0v) is 11.2. The lowest BCUT2D eigenvalue weighted by molar-refractivity contribution is 0.382. The molecule has 0 saturated heterocycles. The summed E-state index contributed by atoms with van der Waals surface area (Å²) in [5, 5.41) is 0. The van der Waals surface area contributed by atoms with Crippen LogP contribution in [0.15, 0.2) is 48.7 Å². The largest absolute Gasteiger partial charge is 0.372 e. The van der Waals surface area contributed by atoms with Crippen molar-refractivity contribution in [2.75, 3.05) is 13.1 Å². The van der Waals surface area contributed by atoms with Gasteiger partial charge in [0.05, 0.1) is 0 Å². The van der Waals surface area contributed by atoms with Gasteiger partial charge in [0, 0.05) is 18.8 Å². The molecule has 1 aromatic carbocycles. The van der Waals surface area contributed by atoms with Crippen molar-refractivity contribution in [2.45, 2.75) is 27.2 Å². The number of hydrogen-bond acceptors (Lipinski definition) is 1. The number of allylic oxidation sites excluding steroid dienone is 2. The van der Waals surface area contributed by atoms with E-state index >= 15 is 0 Å². The van der Waals surface area contributed by atoms with Crippen molar-refractivity contribution < 1.29 is 0 Å². The second-order valence-corrected chi connectivity index (χ2v) is 4.43. The first-order valence-electron chi connectivity index (χ1n) is 6.27. The minimum atomic E-state index is 0.948. The summed E-state index contributed by atoms with van der Waals surface area (Å²) in [6, 6.07) is 10.5. The Morgan fingerprint density at radius 3 is 2.41 bits per heavy atom. The van der Waals surface area contributed by atoms with E-state index < -0.39 is 0 Å². The maximum Gasteiger partial charge on any atom is 0.0362 e. The van der Waals surface area contributed by atoms with Crippen molar-refractivity contribution in [2.24, 2.45) is 0 Å². The van der Waals surface area contributed by atoms with Gasteiger partial charge in [-0.25, -0.2) is 0 Å². The van der Waals surface area contributed by atoms with Crippen LogP contribution < -0.4 is 0 Å². The van der Waals surface area contributed by atoms with Gasteiger partial charge in [0.25, 0.3) is 0 Å². The predicted octanol–water partition coefficient (Wildman–Crippen LogP) is 4.34. The normalized spacial score (nSPS) is 11.4. The van der Waals surface area contributed by atoms with E-state index in [9.17, 15) is 0 Å². The first-order chi connectivity index (χ1) is 8.15. The highest BCUT2D eigenvalue weighted by molar-refractivity contribution is 5.63. The average Bonchev–Trinajstić information content (AvgIpc) is 2.34. The first-order valence-corrected chi connectivity index (χ1v) is 6.27. The Kier molecular flexibility index (Phi) is 5.55. The van der Waals surface area contributed by atoms with E-state index in [0.29, 0.717) is 0 Å². The van der Waals surface area contributed by atoms with Gasteiger partial charge in [0.1, 0.15) is 0 Å². The minimum absolute atomic E-state index is 0.948. The van der Waals surface area contributed by atoms with E-state index in [0.717, 1.165) is 25.2 Å². The molecule has 1 nitrogen and oxygen atoms in total. The molecule has 0 radical (unpaired) electrons. The Labute approximate surface area is 105 Å². The molecule has 0 aliphatic rings. The van der Waals surface area contributed by atoms with Crippen molar-refractivity contribution in [3.05, 3.63) is 54.2 Å². The molecule has 0 aromatic heterocycles. The highest BCUT2D eigenvalue weighted by Gasteiger charge is 2.01. The molecule has 1 aromatic rings. The Balaban J connectivity index is 2.66. The molecule has 0 aliphatic heterocycles. The van der Waals surface area contributed by atoms with Crippen molar-refractivity contribution in [1.29, 1.82) is 0 Å². The predicted molar refractivity (Wildman–Crippen MR) is 76.8 cm³/mol. The van der Waals surface area contributed by atoms with Crippen LogP contribution in [0.5, 0.6) is 0 Å². The van der Waals surface area contributed by atoms with Crippen molar-refractivity contribution in [3.8, 4) is 0 Å².